The molecule has 0 saturated carbocycles. The number of nitrogens with zero attached hydrogens (tertiary/aromatic N) is 2. The lowest BCUT2D eigenvalue weighted by atomic mass is 9.93. The second-order valence-corrected chi connectivity index (χ2v) is 7.01. The van der Waals surface area contributed by atoms with Crippen LogP contribution < -0.4 is 24.8 Å². The molecule has 1 aliphatic heterocycles. The van der Waals surface area contributed by atoms with Gasteiger partial charge in [-0.15, -0.1) is 0 Å². The van der Waals surface area contributed by atoms with Crippen LogP contribution in [-0.2, 0) is 11.3 Å². The molecule has 0 atom stereocenters. The first-order chi connectivity index (χ1) is 14.1. The molecular formula is C21H34N4O4. The quantitative estimate of drug-likeness (QED) is 0.508. The summed E-state index contributed by atoms with van der Waals surface area (Å²) in [7, 11) is 6.50. The molecule has 1 aliphatic rings. The molecule has 1 aromatic rings. The first kappa shape index (κ1) is 22.6. The van der Waals surface area contributed by atoms with E-state index in [0.29, 0.717) is 36.1 Å². The fourth-order valence-electron chi connectivity index (χ4n) is 3.53. The van der Waals surface area contributed by atoms with Gasteiger partial charge in [-0.2, -0.15) is 0 Å². The second kappa shape index (κ2) is 11.4. The van der Waals surface area contributed by atoms with Crippen LogP contribution in [0.1, 0.15) is 31.7 Å². The standard InChI is InChI=1S/C21H34N4O4/c1-6-23-21(25-9-7-15(8-10-25)13-19(26)22-2)24-14-16-11-17(27-3)20(29-5)18(12-16)28-4/h11-12,15H,6-10,13-14H2,1-5H3,(H,22,26)(H,23,24). The average molecular weight is 407 g/mol. The second-order valence-electron chi connectivity index (χ2n) is 7.01. The van der Waals surface area contributed by atoms with E-state index < -0.39 is 0 Å². The molecule has 1 saturated heterocycles. The maximum absolute atomic E-state index is 11.6. The van der Waals surface area contributed by atoms with Gasteiger partial charge in [-0.05, 0) is 43.4 Å². The van der Waals surface area contributed by atoms with Crippen LogP contribution in [0.25, 0.3) is 0 Å². The molecule has 0 radical (unpaired) electrons. The van der Waals surface area contributed by atoms with Gasteiger partial charge in [-0.1, -0.05) is 0 Å². The zero-order valence-corrected chi connectivity index (χ0v) is 18.2. The number of hydrogen-bond donors (Lipinski definition) is 2. The summed E-state index contributed by atoms with van der Waals surface area (Å²) in [6.07, 6.45) is 2.58. The Balaban J connectivity index is 2.09. The number of piperidine rings is 1. The number of ether oxygens (including phenoxy) is 3. The maximum Gasteiger partial charge on any atom is 0.220 e. The maximum atomic E-state index is 11.6. The van der Waals surface area contributed by atoms with Crippen molar-refractivity contribution in [1.82, 2.24) is 15.5 Å². The van der Waals surface area contributed by atoms with E-state index in [4.69, 9.17) is 19.2 Å². The summed E-state index contributed by atoms with van der Waals surface area (Å²) in [5, 5.41) is 6.09. The Morgan fingerprint density at radius 1 is 1.14 bits per heavy atom. The van der Waals surface area contributed by atoms with Crippen LogP contribution in [0, 0.1) is 5.92 Å². The van der Waals surface area contributed by atoms with Gasteiger partial charge in [0.05, 0.1) is 27.9 Å². The summed E-state index contributed by atoms with van der Waals surface area (Å²) in [6.45, 7) is 5.14. The fourth-order valence-corrected chi connectivity index (χ4v) is 3.53. The molecule has 29 heavy (non-hydrogen) atoms. The number of hydrogen-bond acceptors (Lipinski definition) is 5. The Kier molecular flexibility index (Phi) is 8.89. The number of amides is 1. The van der Waals surface area contributed by atoms with Crippen molar-refractivity contribution in [2.24, 2.45) is 10.9 Å². The van der Waals surface area contributed by atoms with Crippen LogP contribution in [0.4, 0.5) is 0 Å². The largest absolute Gasteiger partial charge is 0.493 e. The number of carbonyl (C=O) groups excluding carboxylic acids is 1. The highest BCUT2D eigenvalue weighted by Crippen LogP contribution is 2.38. The van der Waals surface area contributed by atoms with Crippen molar-refractivity contribution in [3.8, 4) is 17.2 Å². The van der Waals surface area contributed by atoms with Gasteiger partial charge in [0.15, 0.2) is 17.5 Å². The van der Waals surface area contributed by atoms with E-state index in [1.54, 1.807) is 28.4 Å². The van der Waals surface area contributed by atoms with Gasteiger partial charge in [0.1, 0.15) is 0 Å². The third-order valence-corrected chi connectivity index (χ3v) is 5.14. The van der Waals surface area contributed by atoms with Crippen LogP contribution in [0.15, 0.2) is 17.1 Å². The molecule has 162 valence electrons. The molecule has 0 unspecified atom stereocenters. The van der Waals surface area contributed by atoms with Crippen molar-refractivity contribution >= 4 is 11.9 Å². The summed E-state index contributed by atoms with van der Waals surface area (Å²) in [5.74, 6) is 3.26. The summed E-state index contributed by atoms with van der Waals surface area (Å²) in [4.78, 5) is 18.7. The van der Waals surface area contributed by atoms with E-state index in [1.807, 2.05) is 12.1 Å². The number of carbonyl (C=O) groups is 1. The number of benzene rings is 1. The predicted octanol–water partition coefficient (Wildman–Crippen LogP) is 2.03. The lowest BCUT2D eigenvalue weighted by Crippen LogP contribution is -2.46. The third kappa shape index (κ3) is 6.17. The summed E-state index contributed by atoms with van der Waals surface area (Å²) in [6, 6.07) is 3.84. The van der Waals surface area contributed by atoms with Gasteiger partial charge in [0.2, 0.25) is 11.7 Å². The van der Waals surface area contributed by atoms with Gasteiger partial charge < -0.3 is 29.7 Å². The van der Waals surface area contributed by atoms with E-state index in [2.05, 4.69) is 22.5 Å². The van der Waals surface area contributed by atoms with Crippen molar-refractivity contribution in [3.05, 3.63) is 17.7 Å². The van der Waals surface area contributed by atoms with Gasteiger partial charge in [-0.3, -0.25) is 4.79 Å². The van der Waals surface area contributed by atoms with Crippen LogP contribution in [0.3, 0.4) is 0 Å². The van der Waals surface area contributed by atoms with Crippen molar-refractivity contribution in [1.29, 1.82) is 0 Å². The molecule has 1 fully saturated rings. The highest BCUT2D eigenvalue weighted by atomic mass is 16.5. The van der Waals surface area contributed by atoms with E-state index >= 15 is 0 Å². The highest BCUT2D eigenvalue weighted by Gasteiger charge is 2.23. The zero-order chi connectivity index (χ0) is 21.2. The first-order valence-electron chi connectivity index (χ1n) is 10.1. The van der Waals surface area contributed by atoms with Crippen LogP contribution >= 0.6 is 0 Å². The monoisotopic (exact) mass is 406 g/mol. The first-order valence-corrected chi connectivity index (χ1v) is 10.1. The van der Waals surface area contributed by atoms with Crippen LogP contribution in [-0.4, -0.2) is 64.8 Å². The molecule has 0 aromatic heterocycles. The van der Waals surface area contributed by atoms with Gasteiger partial charge in [-0.25, -0.2) is 4.99 Å². The SMILES string of the molecule is CCNC(=NCc1cc(OC)c(OC)c(OC)c1)N1CCC(CC(=O)NC)CC1. The molecule has 8 nitrogen and oxygen atoms in total. The molecule has 0 aliphatic carbocycles. The molecule has 1 amide bonds. The van der Waals surface area contributed by atoms with Crippen LogP contribution in [0.2, 0.25) is 0 Å². The molecule has 2 N–H and O–H groups in total. The zero-order valence-electron chi connectivity index (χ0n) is 18.2. The van der Waals surface area contributed by atoms with E-state index in [1.165, 1.54) is 0 Å². The predicted molar refractivity (Wildman–Crippen MR) is 114 cm³/mol. The fraction of sp³-hybridized carbons (Fsp3) is 0.619. The lowest BCUT2D eigenvalue weighted by Gasteiger charge is -2.34. The van der Waals surface area contributed by atoms with E-state index in [-0.39, 0.29) is 5.91 Å². The summed E-state index contributed by atoms with van der Waals surface area (Å²) in [5.41, 5.74) is 0.976. The minimum Gasteiger partial charge on any atom is -0.493 e. The highest BCUT2D eigenvalue weighted by molar-refractivity contribution is 5.80. The molecule has 1 aromatic carbocycles. The molecule has 1 heterocycles. The average Bonchev–Trinajstić information content (AvgIpc) is 2.76. The van der Waals surface area contributed by atoms with Crippen molar-refractivity contribution < 1.29 is 19.0 Å². The van der Waals surface area contributed by atoms with Crippen molar-refractivity contribution in [2.75, 3.05) is 48.0 Å². The number of rotatable bonds is 8. The molecule has 2 rings (SSSR count). The topological polar surface area (TPSA) is 84.4 Å². The number of aliphatic imine (C=N–C) groups is 1. The van der Waals surface area contributed by atoms with Crippen LogP contribution in [0.5, 0.6) is 17.2 Å². The Labute approximate surface area is 173 Å². The normalized spacial score (nSPS) is 15.1. The molecule has 0 bridgehead atoms. The Bertz CT molecular complexity index is 675. The van der Waals surface area contributed by atoms with Gasteiger partial charge >= 0.3 is 0 Å². The smallest absolute Gasteiger partial charge is 0.220 e. The molecule has 8 heteroatoms. The summed E-state index contributed by atoms with van der Waals surface area (Å²) < 4.78 is 16.2. The summed E-state index contributed by atoms with van der Waals surface area (Å²) >= 11 is 0. The number of likely N-dealkylation sites (tertiary alicyclic amines) is 1. The minimum absolute atomic E-state index is 0.117. The van der Waals surface area contributed by atoms with Gasteiger partial charge in [0.25, 0.3) is 0 Å². The van der Waals surface area contributed by atoms with Gasteiger partial charge in [0, 0.05) is 33.1 Å². The van der Waals surface area contributed by atoms with Crippen molar-refractivity contribution in [2.45, 2.75) is 32.7 Å². The number of guanidine groups is 1. The van der Waals surface area contributed by atoms with Crippen molar-refractivity contribution in [3.63, 3.8) is 0 Å². The Hall–Kier alpha value is -2.64. The Morgan fingerprint density at radius 3 is 2.24 bits per heavy atom. The number of methoxy groups -OCH3 is 3. The third-order valence-electron chi connectivity index (χ3n) is 5.14. The number of nitrogens with one attached hydrogen (secondary N) is 2. The van der Waals surface area contributed by atoms with E-state index in [0.717, 1.165) is 44.0 Å². The van der Waals surface area contributed by atoms with E-state index in [9.17, 15) is 4.79 Å². The Morgan fingerprint density at radius 2 is 1.76 bits per heavy atom. The minimum atomic E-state index is 0.117. The molecular weight excluding hydrogens is 372 g/mol. The lowest BCUT2D eigenvalue weighted by molar-refractivity contribution is -0.121. The molecule has 0 spiro atoms.